The molecule has 18 heavy (non-hydrogen) atoms. The van der Waals surface area contributed by atoms with Crippen LogP contribution in [0.3, 0.4) is 0 Å². The molecule has 0 amide bonds. The SMILES string of the molecule is Nc1nc(N)nc(NCC(O)c2ccccc2)n1. The fraction of sp³-hybridized carbons (Fsp3) is 0.182. The van der Waals surface area contributed by atoms with Gasteiger partial charge in [0, 0.05) is 6.54 Å². The van der Waals surface area contributed by atoms with Crippen LogP contribution >= 0.6 is 0 Å². The average Bonchev–Trinajstić information content (AvgIpc) is 2.36. The van der Waals surface area contributed by atoms with E-state index in [-0.39, 0.29) is 24.4 Å². The van der Waals surface area contributed by atoms with E-state index in [0.717, 1.165) is 5.56 Å². The Morgan fingerprint density at radius 3 is 2.28 bits per heavy atom. The molecule has 0 aliphatic carbocycles. The predicted octanol–water partition coefficient (Wildman–Crippen LogP) is 0.181. The van der Waals surface area contributed by atoms with Crippen LogP contribution in [0.2, 0.25) is 0 Å². The van der Waals surface area contributed by atoms with Crippen molar-refractivity contribution >= 4 is 17.8 Å². The first-order chi connectivity index (χ1) is 8.65. The minimum Gasteiger partial charge on any atom is -0.387 e. The summed E-state index contributed by atoms with van der Waals surface area (Å²) in [5, 5.41) is 12.8. The maximum atomic E-state index is 9.92. The Labute approximate surface area is 104 Å². The Morgan fingerprint density at radius 2 is 1.67 bits per heavy atom. The number of benzene rings is 1. The zero-order valence-corrected chi connectivity index (χ0v) is 9.61. The van der Waals surface area contributed by atoms with E-state index in [1.54, 1.807) is 0 Å². The number of aliphatic hydroxyl groups is 1. The van der Waals surface area contributed by atoms with Gasteiger partial charge in [-0.15, -0.1) is 0 Å². The van der Waals surface area contributed by atoms with E-state index in [1.807, 2.05) is 30.3 Å². The molecule has 2 aromatic rings. The van der Waals surface area contributed by atoms with Crippen LogP contribution in [0.5, 0.6) is 0 Å². The van der Waals surface area contributed by atoms with Gasteiger partial charge < -0.3 is 21.9 Å². The molecule has 7 nitrogen and oxygen atoms in total. The van der Waals surface area contributed by atoms with E-state index in [0.29, 0.717) is 0 Å². The van der Waals surface area contributed by atoms with Crippen molar-refractivity contribution in [2.45, 2.75) is 6.10 Å². The van der Waals surface area contributed by atoms with Gasteiger partial charge in [-0.3, -0.25) is 0 Å². The molecule has 1 heterocycles. The molecule has 1 aromatic heterocycles. The minimum atomic E-state index is -0.662. The smallest absolute Gasteiger partial charge is 0.229 e. The zero-order chi connectivity index (χ0) is 13.0. The number of nitrogen functional groups attached to an aromatic ring is 2. The van der Waals surface area contributed by atoms with E-state index >= 15 is 0 Å². The van der Waals surface area contributed by atoms with Gasteiger partial charge in [0.25, 0.3) is 0 Å². The molecule has 1 atom stereocenters. The van der Waals surface area contributed by atoms with Crippen LogP contribution in [0.15, 0.2) is 30.3 Å². The number of aliphatic hydroxyl groups excluding tert-OH is 1. The number of nitrogens with zero attached hydrogens (tertiary/aromatic N) is 3. The largest absolute Gasteiger partial charge is 0.387 e. The monoisotopic (exact) mass is 246 g/mol. The zero-order valence-electron chi connectivity index (χ0n) is 9.61. The van der Waals surface area contributed by atoms with Gasteiger partial charge >= 0.3 is 0 Å². The molecule has 0 radical (unpaired) electrons. The van der Waals surface area contributed by atoms with Crippen molar-refractivity contribution in [3.63, 3.8) is 0 Å². The van der Waals surface area contributed by atoms with Gasteiger partial charge in [-0.25, -0.2) is 0 Å². The molecule has 0 fully saturated rings. The lowest BCUT2D eigenvalue weighted by Gasteiger charge is -2.12. The molecule has 0 aliphatic heterocycles. The number of nitrogens with one attached hydrogen (secondary N) is 1. The number of aromatic nitrogens is 3. The lowest BCUT2D eigenvalue weighted by molar-refractivity contribution is 0.191. The Hall–Kier alpha value is -2.41. The van der Waals surface area contributed by atoms with Crippen molar-refractivity contribution in [2.75, 3.05) is 23.3 Å². The maximum Gasteiger partial charge on any atom is 0.229 e. The highest BCUT2D eigenvalue weighted by molar-refractivity contribution is 5.37. The lowest BCUT2D eigenvalue weighted by atomic mass is 10.1. The molecule has 0 bridgehead atoms. The van der Waals surface area contributed by atoms with Crippen molar-refractivity contribution < 1.29 is 5.11 Å². The Balaban J connectivity index is 1.99. The molecule has 1 aromatic carbocycles. The van der Waals surface area contributed by atoms with Crippen LogP contribution in [0, 0.1) is 0 Å². The summed E-state index contributed by atoms with van der Waals surface area (Å²) in [4.78, 5) is 11.4. The molecule has 0 saturated carbocycles. The van der Waals surface area contributed by atoms with E-state index in [1.165, 1.54) is 0 Å². The van der Waals surface area contributed by atoms with Gasteiger partial charge in [0.05, 0.1) is 6.10 Å². The van der Waals surface area contributed by atoms with Gasteiger partial charge in [0.15, 0.2) is 0 Å². The Bertz CT molecular complexity index is 498. The summed E-state index contributed by atoms with van der Waals surface area (Å²) in [6, 6.07) is 9.27. The number of hydrogen-bond donors (Lipinski definition) is 4. The van der Waals surface area contributed by atoms with Crippen molar-refractivity contribution in [3.05, 3.63) is 35.9 Å². The third-order valence-corrected chi connectivity index (χ3v) is 2.31. The standard InChI is InChI=1S/C11H14N6O/c12-9-15-10(13)17-11(16-9)14-6-8(18)7-4-2-1-3-5-7/h1-5,8,18H,6H2,(H5,12,13,14,15,16,17). The molecule has 1 unspecified atom stereocenters. The lowest BCUT2D eigenvalue weighted by Crippen LogP contribution is -2.15. The maximum absolute atomic E-state index is 9.92. The predicted molar refractivity (Wildman–Crippen MR) is 68.5 cm³/mol. The summed E-state index contributed by atoms with van der Waals surface area (Å²) < 4.78 is 0. The number of hydrogen-bond acceptors (Lipinski definition) is 7. The summed E-state index contributed by atoms with van der Waals surface area (Å²) in [6.07, 6.45) is -0.662. The van der Waals surface area contributed by atoms with Gasteiger partial charge in [0.1, 0.15) is 0 Å². The number of nitrogens with two attached hydrogens (primary N) is 2. The minimum absolute atomic E-state index is 0.0409. The summed E-state index contributed by atoms with van der Waals surface area (Å²) in [5.41, 5.74) is 11.7. The summed E-state index contributed by atoms with van der Waals surface area (Å²) >= 11 is 0. The van der Waals surface area contributed by atoms with E-state index < -0.39 is 6.10 Å². The van der Waals surface area contributed by atoms with Gasteiger partial charge in [-0.2, -0.15) is 15.0 Å². The first kappa shape index (κ1) is 12.1. The molecule has 0 spiro atoms. The Kier molecular flexibility index (Phi) is 3.54. The molecule has 2 rings (SSSR count). The average molecular weight is 246 g/mol. The van der Waals surface area contributed by atoms with Gasteiger partial charge in [-0.05, 0) is 5.56 Å². The first-order valence-electron chi connectivity index (χ1n) is 5.39. The highest BCUT2D eigenvalue weighted by Gasteiger charge is 2.08. The van der Waals surface area contributed by atoms with Crippen LogP contribution in [-0.4, -0.2) is 26.6 Å². The van der Waals surface area contributed by atoms with Crippen molar-refractivity contribution in [1.29, 1.82) is 0 Å². The third-order valence-electron chi connectivity index (χ3n) is 2.31. The Morgan fingerprint density at radius 1 is 1.06 bits per heavy atom. The van der Waals surface area contributed by atoms with Crippen LogP contribution in [0.25, 0.3) is 0 Å². The molecule has 7 heteroatoms. The van der Waals surface area contributed by atoms with Gasteiger partial charge in [-0.1, -0.05) is 30.3 Å². The second-order valence-electron chi connectivity index (χ2n) is 3.68. The molecular formula is C11H14N6O. The van der Waals surface area contributed by atoms with E-state index in [4.69, 9.17) is 11.5 Å². The van der Waals surface area contributed by atoms with Crippen molar-refractivity contribution in [2.24, 2.45) is 0 Å². The van der Waals surface area contributed by atoms with Crippen LogP contribution in [0.4, 0.5) is 17.8 Å². The van der Waals surface area contributed by atoms with E-state index in [9.17, 15) is 5.11 Å². The fourth-order valence-corrected chi connectivity index (χ4v) is 1.47. The normalized spacial score (nSPS) is 12.1. The van der Waals surface area contributed by atoms with E-state index in [2.05, 4.69) is 20.3 Å². The number of rotatable bonds is 4. The molecule has 0 saturated heterocycles. The summed E-state index contributed by atoms with van der Waals surface area (Å²) in [7, 11) is 0. The first-order valence-corrected chi connectivity index (χ1v) is 5.39. The van der Waals surface area contributed by atoms with Crippen molar-refractivity contribution in [3.8, 4) is 0 Å². The molecule has 0 aliphatic rings. The second-order valence-corrected chi connectivity index (χ2v) is 3.68. The molecule has 94 valence electrons. The molecule has 6 N–H and O–H groups in total. The van der Waals surface area contributed by atoms with Gasteiger partial charge in [0.2, 0.25) is 17.8 Å². The highest BCUT2D eigenvalue weighted by atomic mass is 16.3. The summed E-state index contributed by atoms with van der Waals surface area (Å²) in [5.74, 6) is 0.327. The second kappa shape index (κ2) is 5.28. The molecular weight excluding hydrogens is 232 g/mol. The van der Waals surface area contributed by atoms with Crippen molar-refractivity contribution in [1.82, 2.24) is 15.0 Å². The quantitative estimate of drug-likeness (QED) is 0.606. The highest BCUT2D eigenvalue weighted by Crippen LogP contribution is 2.12. The van der Waals surface area contributed by atoms with Crippen LogP contribution < -0.4 is 16.8 Å². The topological polar surface area (TPSA) is 123 Å². The third kappa shape index (κ3) is 3.05. The number of anilines is 3. The summed E-state index contributed by atoms with van der Waals surface area (Å²) in [6.45, 7) is 0.257. The van der Waals surface area contributed by atoms with Crippen LogP contribution in [0.1, 0.15) is 11.7 Å². The van der Waals surface area contributed by atoms with Crippen LogP contribution in [-0.2, 0) is 0 Å². The fourth-order valence-electron chi connectivity index (χ4n) is 1.47.